The van der Waals surface area contributed by atoms with Crippen LogP contribution in [0.15, 0.2) is 18.2 Å². The minimum atomic E-state index is 0.704. The predicted molar refractivity (Wildman–Crippen MR) is 93.2 cm³/mol. The van der Waals surface area contributed by atoms with E-state index < -0.39 is 0 Å². The van der Waals surface area contributed by atoms with Crippen molar-refractivity contribution in [3.8, 4) is 5.75 Å². The molecule has 22 heavy (non-hydrogen) atoms. The standard InChI is InChI=1S/C18H30N3O/c1-14-13-20-9-8-17(14)21(10-4-3-5-11-21)15-6-7-16(19)18(12-15)22-2/h6-7,12,14,17,20H,3-5,8-11,13,19H2,1-2H3/q+1. The van der Waals surface area contributed by atoms with E-state index in [2.05, 4.69) is 24.4 Å². The van der Waals surface area contributed by atoms with Crippen LogP contribution >= 0.6 is 0 Å². The van der Waals surface area contributed by atoms with Crippen LogP contribution in [0.2, 0.25) is 0 Å². The number of ether oxygens (including phenoxy) is 1. The Bertz CT molecular complexity index is 511. The highest BCUT2D eigenvalue weighted by molar-refractivity contribution is 5.61. The highest BCUT2D eigenvalue weighted by Crippen LogP contribution is 2.39. The molecule has 122 valence electrons. The van der Waals surface area contributed by atoms with Gasteiger partial charge in [-0.2, -0.15) is 0 Å². The van der Waals surface area contributed by atoms with Crippen LogP contribution in [0.1, 0.15) is 32.6 Å². The van der Waals surface area contributed by atoms with E-state index in [1.165, 1.54) is 44.5 Å². The summed E-state index contributed by atoms with van der Waals surface area (Å²) in [7, 11) is 1.71. The van der Waals surface area contributed by atoms with Gasteiger partial charge in [0.15, 0.2) is 0 Å². The fraction of sp³-hybridized carbons (Fsp3) is 0.667. The van der Waals surface area contributed by atoms with Gasteiger partial charge in [-0.05, 0) is 25.3 Å². The minimum absolute atomic E-state index is 0.704. The molecule has 0 spiro atoms. The lowest BCUT2D eigenvalue weighted by atomic mass is 9.88. The Morgan fingerprint density at radius 2 is 2.00 bits per heavy atom. The molecule has 4 nitrogen and oxygen atoms in total. The van der Waals surface area contributed by atoms with Crippen molar-refractivity contribution in [2.24, 2.45) is 5.92 Å². The number of hydrogen-bond acceptors (Lipinski definition) is 3. The Hall–Kier alpha value is -1.26. The highest BCUT2D eigenvalue weighted by Gasteiger charge is 2.44. The molecule has 2 aliphatic heterocycles. The van der Waals surface area contributed by atoms with E-state index in [-0.39, 0.29) is 0 Å². The maximum absolute atomic E-state index is 6.04. The Labute approximate surface area is 134 Å². The molecule has 2 heterocycles. The van der Waals surface area contributed by atoms with Crippen LogP contribution in [0.3, 0.4) is 0 Å². The average molecular weight is 304 g/mol. The van der Waals surface area contributed by atoms with Gasteiger partial charge in [-0.3, -0.25) is 4.48 Å². The number of rotatable bonds is 3. The number of nitrogens with one attached hydrogen (secondary N) is 1. The average Bonchev–Trinajstić information content (AvgIpc) is 2.56. The summed E-state index contributed by atoms with van der Waals surface area (Å²) >= 11 is 0. The van der Waals surface area contributed by atoms with Crippen molar-refractivity contribution in [3.05, 3.63) is 18.2 Å². The van der Waals surface area contributed by atoms with Gasteiger partial charge in [0.1, 0.15) is 11.4 Å². The number of piperidine rings is 2. The van der Waals surface area contributed by atoms with Crippen molar-refractivity contribution in [1.82, 2.24) is 9.80 Å². The van der Waals surface area contributed by atoms with E-state index in [9.17, 15) is 0 Å². The Balaban J connectivity index is 2.01. The Morgan fingerprint density at radius 1 is 1.23 bits per heavy atom. The molecule has 3 N–H and O–H groups in total. The fourth-order valence-electron chi connectivity index (χ4n) is 4.57. The summed E-state index contributed by atoms with van der Waals surface area (Å²) in [5.41, 5.74) is 8.17. The van der Waals surface area contributed by atoms with Gasteiger partial charge >= 0.3 is 0 Å². The number of nitrogens with zero attached hydrogens (tertiary/aromatic N) is 1. The van der Waals surface area contributed by atoms with Gasteiger partial charge in [-0.15, -0.1) is 0 Å². The lowest BCUT2D eigenvalue weighted by Crippen LogP contribution is -2.64. The Morgan fingerprint density at radius 3 is 2.68 bits per heavy atom. The van der Waals surface area contributed by atoms with E-state index >= 15 is 0 Å². The highest BCUT2D eigenvalue weighted by atomic mass is 16.5. The maximum Gasteiger partial charge on any atom is 0.147 e. The first-order chi connectivity index (χ1) is 10.7. The summed E-state index contributed by atoms with van der Waals surface area (Å²) in [5, 5.41) is 3.55. The third kappa shape index (κ3) is 2.70. The van der Waals surface area contributed by atoms with Crippen LogP contribution in [0.5, 0.6) is 5.75 Å². The fourth-order valence-corrected chi connectivity index (χ4v) is 4.57. The van der Waals surface area contributed by atoms with Crippen molar-refractivity contribution in [3.63, 3.8) is 0 Å². The normalized spacial score (nSPS) is 28.3. The van der Waals surface area contributed by atoms with Crippen molar-refractivity contribution >= 4 is 11.4 Å². The zero-order valence-electron chi connectivity index (χ0n) is 14.0. The number of likely N-dealkylation sites (tertiary alicyclic amines) is 1. The largest absolute Gasteiger partial charge is 0.494 e. The van der Waals surface area contributed by atoms with Crippen LogP contribution in [0, 0.1) is 5.92 Å². The molecular weight excluding hydrogens is 274 g/mol. The number of hydrogen-bond donors (Lipinski definition) is 2. The number of nitrogen functional groups attached to an aromatic ring is 1. The topological polar surface area (TPSA) is 47.3 Å². The van der Waals surface area contributed by atoms with Gasteiger partial charge in [0.05, 0.1) is 31.9 Å². The second kappa shape index (κ2) is 6.47. The first-order valence-corrected chi connectivity index (χ1v) is 8.69. The summed E-state index contributed by atoms with van der Waals surface area (Å²) in [6.07, 6.45) is 5.27. The number of methoxy groups -OCH3 is 1. The van der Waals surface area contributed by atoms with E-state index in [0.717, 1.165) is 29.0 Å². The van der Waals surface area contributed by atoms with Crippen molar-refractivity contribution < 1.29 is 4.74 Å². The molecule has 4 heteroatoms. The second-order valence-corrected chi connectivity index (χ2v) is 7.01. The first-order valence-electron chi connectivity index (χ1n) is 8.69. The molecule has 2 atom stereocenters. The van der Waals surface area contributed by atoms with E-state index in [1.54, 1.807) is 7.11 Å². The van der Waals surface area contributed by atoms with Gasteiger partial charge in [0.25, 0.3) is 0 Å². The van der Waals surface area contributed by atoms with Crippen molar-refractivity contribution in [2.45, 2.75) is 38.6 Å². The summed E-state index contributed by atoms with van der Waals surface area (Å²) in [6.45, 7) is 7.18. The maximum atomic E-state index is 6.04. The van der Waals surface area contributed by atoms with E-state index in [4.69, 9.17) is 10.5 Å². The molecule has 2 unspecified atom stereocenters. The van der Waals surface area contributed by atoms with Crippen LogP contribution < -0.4 is 20.3 Å². The monoisotopic (exact) mass is 304 g/mol. The lowest BCUT2D eigenvalue weighted by molar-refractivity contribution is 0.103. The minimum Gasteiger partial charge on any atom is -0.494 e. The lowest BCUT2D eigenvalue weighted by Gasteiger charge is -2.50. The zero-order chi connectivity index (χ0) is 15.6. The molecular formula is C18H30N3O+. The molecule has 0 aromatic heterocycles. The smallest absolute Gasteiger partial charge is 0.147 e. The molecule has 0 saturated carbocycles. The molecule has 2 aliphatic rings. The van der Waals surface area contributed by atoms with Crippen LogP contribution in [-0.2, 0) is 0 Å². The van der Waals surface area contributed by atoms with Gasteiger partial charge in [0.2, 0.25) is 0 Å². The molecule has 2 fully saturated rings. The molecule has 2 saturated heterocycles. The molecule has 0 bridgehead atoms. The summed E-state index contributed by atoms with van der Waals surface area (Å²) in [5.74, 6) is 1.53. The van der Waals surface area contributed by atoms with E-state index in [0.29, 0.717) is 12.0 Å². The van der Waals surface area contributed by atoms with Gasteiger partial charge in [-0.1, -0.05) is 6.92 Å². The molecule has 0 radical (unpaired) electrons. The number of anilines is 1. The number of nitrogens with two attached hydrogens (primary N) is 1. The van der Waals surface area contributed by atoms with Gasteiger partial charge in [-0.25, -0.2) is 0 Å². The van der Waals surface area contributed by atoms with Gasteiger partial charge < -0.3 is 15.8 Å². The third-order valence-corrected chi connectivity index (χ3v) is 5.72. The second-order valence-electron chi connectivity index (χ2n) is 7.01. The molecule has 1 aromatic rings. The number of quaternary nitrogens is 1. The molecule has 0 aliphatic carbocycles. The van der Waals surface area contributed by atoms with Crippen molar-refractivity contribution in [2.75, 3.05) is 39.0 Å². The quantitative estimate of drug-likeness (QED) is 0.667. The summed E-state index contributed by atoms with van der Waals surface area (Å²) in [4.78, 5) is 0. The SMILES string of the molecule is COc1cc([N+]2(C3CCNCC3C)CCCCC2)ccc1N. The Kier molecular flexibility index (Phi) is 4.59. The van der Waals surface area contributed by atoms with Crippen LogP contribution in [0.25, 0.3) is 0 Å². The molecule has 3 rings (SSSR count). The molecule has 0 amide bonds. The predicted octanol–water partition coefficient (Wildman–Crippen LogP) is 2.77. The van der Waals surface area contributed by atoms with Crippen LogP contribution in [-0.4, -0.2) is 39.3 Å². The van der Waals surface area contributed by atoms with E-state index in [1.807, 2.05) is 6.07 Å². The van der Waals surface area contributed by atoms with Crippen LogP contribution in [0.4, 0.5) is 11.4 Å². The van der Waals surface area contributed by atoms with Gasteiger partial charge in [0, 0.05) is 37.6 Å². The number of benzene rings is 1. The molecule has 1 aromatic carbocycles. The zero-order valence-corrected chi connectivity index (χ0v) is 14.0. The van der Waals surface area contributed by atoms with Crippen molar-refractivity contribution in [1.29, 1.82) is 0 Å². The summed E-state index contributed by atoms with van der Waals surface area (Å²) in [6, 6.07) is 7.15. The first kappa shape index (κ1) is 15.6. The summed E-state index contributed by atoms with van der Waals surface area (Å²) < 4.78 is 6.61. The third-order valence-electron chi connectivity index (χ3n) is 5.72.